The average Bonchev–Trinajstić information content (AvgIpc) is 2.99. The van der Waals surface area contributed by atoms with Crippen molar-refractivity contribution in [3.63, 3.8) is 0 Å². The highest BCUT2D eigenvalue weighted by Gasteiger charge is 2.17. The van der Waals surface area contributed by atoms with Gasteiger partial charge in [0.25, 0.3) is 0 Å². The van der Waals surface area contributed by atoms with Crippen molar-refractivity contribution in [2.75, 3.05) is 13.1 Å². The lowest BCUT2D eigenvalue weighted by atomic mass is 10.0. The first-order valence-electron chi connectivity index (χ1n) is 8.54. The molecule has 23 heavy (non-hydrogen) atoms. The number of aliphatic hydroxyl groups excluding tert-OH is 1. The molecule has 2 heterocycles. The van der Waals surface area contributed by atoms with E-state index in [1.807, 2.05) is 4.68 Å². The van der Waals surface area contributed by atoms with E-state index in [0.717, 1.165) is 57.6 Å². The van der Waals surface area contributed by atoms with Gasteiger partial charge in [0.05, 0.1) is 11.8 Å². The average molecular weight is 314 g/mol. The molecule has 0 saturated carbocycles. The Hall–Kier alpha value is -1.72. The van der Waals surface area contributed by atoms with Crippen LogP contribution in [0, 0.1) is 6.92 Å². The summed E-state index contributed by atoms with van der Waals surface area (Å²) in [7, 11) is 0. The Kier molecular flexibility index (Phi) is 5.41. The van der Waals surface area contributed by atoms with Crippen LogP contribution in [0.3, 0.4) is 0 Å². The second-order valence-electron chi connectivity index (χ2n) is 6.51. The van der Waals surface area contributed by atoms with Gasteiger partial charge in [-0.2, -0.15) is 0 Å². The molecule has 1 N–H and O–H groups in total. The molecular weight excluding hydrogens is 288 g/mol. The van der Waals surface area contributed by atoms with Crippen molar-refractivity contribution in [1.29, 1.82) is 0 Å². The summed E-state index contributed by atoms with van der Waals surface area (Å²) >= 11 is 0. The van der Waals surface area contributed by atoms with E-state index in [2.05, 4.69) is 52.6 Å². The van der Waals surface area contributed by atoms with Crippen LogP contribution in [0.25, 0.3) is 0 Å². The van der Waals surface area contributed by atoms with Gasteiger partial charge in [-0.3, -0.25) is 9.58 Å². The maximum atomic E-state index is 9.55. The number of aryl methyl sites for hydroxylation is 3. The molecule has 1 fully saturated rings. The lowest BCUT2D eigenvalue weighted by molar-refractivity contribution is 0.0786. The number of hydrogen-bond donors (Lipinski definition) is 1. The standard InChI is InChI=1S/C18H26N4O/c1-15-5-2-3-6-16(15)7-4-10-22-14-17(19-20-22)13-21-11-8-18(23)9-12-21/h2-3,5-6,14,18,23H,4,7-13H2,1H3. The Morgan fingerprint density at radius 3 is 2.78 bits per heavy atom. The van der Waals surface area contributed by atoms with Gasteiger partial charge >= 0.3 is 0 Å². The molecule has 0 radical (unpaired) electrons. The van der Waals surface area contributed by atoms with Crippen LogP contribution in [0.5, 0.6) is 0 Å². The highest BCUT2D eigenvalue weighted by molar-refractivity contribution is 5.25. The number of aromatic nitrogens is 3. The van der Waals surface area contributed by atoms with Crippen LogP contribution >= 0.6 is 0 Å². The van der Waals surface area contributed by atoms with Gasteiger partial charge < -0.3 is 5.11 Å². The molecule has 3 rings (SSSR count). The highest BCUT2D eigenvalue weighted by atomic mass is 16.3. The molecule has 0 aliphatic carbocycles. The predicted molar refractivity (Wildman–Crippen MR) is 90.0 cm³/mol. The summed E-state index contributed by atoms with van der Waals surface area (Å²) in [6.45, 7) is 5.80. The number of aliphatic hydroxyl groups is 1. The molecule has 2 aromatic rings. The molecular formula is C18H26N4O. The quantitative estimate of drug-likeness (QED) is 0.888. The van der Waals surface area contributed by atoms with Crippen molar-refractivity contribution >= 4 is 0 Å². The van der Waals surface area contributed by atoms with Gasteiger partial charge in [-0.25, -0.2) is 0 Å². The van der Waals surface area contributed by atoms with Gasteiger partial charge in [0.2, 0.25) is 0 Å². The van der Waals surface area contributed by atoms with E-state index in [4.69, 9.17) is 0 Å². The normalized spacial score (nSPS) is 16.8. The maximum absolute atomic E-state index is 9.55. The fourth-order valence-corrected chi connectivity index (χ4v) is 3.15. The molecule has 1 aliphatic rings. The van der Waals surface area contributed by atoms with Crippen LogP contribution in [0.4, 0.5) is 0 Å². The summed E-state index contributed by atoms with van der Waals surface area (Å²) in [6.07, 6.45) is 5.82. The Morgan fingerprint density at radius 1 is 1.22 bits per heavy atom. The highest BCUT2D eigenvalue weighted by Crippen LogP contribution is 2.13. The van der Waals surface area contributed by atoms with Gasteiger partial charge in [-0.1, -0.05) is 29.5 Å². The van der Waals surface area contributed by atoms with Gasteiger partial charge in [-0.05, 0) is 43.7 Å². The number of piperidine rings is 1. The maximum Gasteiger partial charge on any atom is 0.0967 e. The minimum atomic E-state index is -0.122. The zero-order valence-electron chi connectivity index (χ0n) is 13.9. The third kappa shape index (κ3) is 4.62. The molecule has 1 aromatic carbocycles. The zero-order chi connectivity index (χ0) is 16.1. The molecule has 0 bridgehead atoms. The summed E-state index contributed by atoms with van der Waals surface area (Å²) in [6, 6.07) is 8.55. The Labute approximate surface area is 137 Å². The topological polar surface area (TPSA) is 54.2 Å². The van der Waals surface area contributed by atoms with E-state index in [9.17, 15) is 5.11 Å². The first-order valence-corrected chi connectivity index (χ1v) is 8.54. The van der Waals surface area contributed by atoms with Crippen molar-refractivity contribution in [3.05, 3.63) is 47.3 Å². The number of benzene rings is 1. The van der Waals surface area contributed by atoms with Crippen molar-refractivity contribution in [1.82, 2.24) is 19.9 Å². The van der Waals surface area contributed by atoms with E-state index in [0.29, 0.717) is 0 Å². The Balaban J connectivity index is 1.45. The predicted octanol–water partition coefficient (Wildman–Crippen LogP) is 2.18. The summed E-state index contributed by atoms with van der Waals surface area (Å²) in [4.78, 5) is 2.34. The van der Waals surface area contributed by atoms with Crippen LogP contribution in [0.1, 0.15) is 36.1 Å². The number of rotatable bonds is 6. The van der Waals surface area contributed by atoms with Crippen molar-refractivity contribution < 1.29 is 5.11 Å². The SMILES string of the molecule is Cc1ccccc1CCCn1cc(CN2CCC(O)CC2)nn1. The lowest BCUT2D eigenvalue weighted by Gasteiger charge is -2.28. The van der Waals surface area contributed by atoms with E-state index < -0.39 is 0 Å². The molecule has 124 valence electrons. The van der Waals surface area contributed by atoms with Gasteiger partial charge in [0.15, 0.2) is 0 Å². The van der Waals surface area contributed by atoms with Crippen LogP contribution < -0.4 is 0 Å². The van der Waals surface area contributed by atoms with Crippen LogP contribution in [0.2, 0.25) is 0 Å². The largest absolute Gasteiger partial charge is 0.393 e. The molecule has 0 atom stereocenters. The van der Waals surface area contributed by atoms with Crippen molar-refractivity contribution in [2.24, 2.45) is 0 Å². The van der Waals surface area contributed by atoms with E-state index in [1.165, 1.54) is 11.1 Å². The summed E-state index contributed by atoms with van der Waals surface area (Å²) in [5.41, 5.74) is 3.80. The van der Waals surface area contributed by atoms with E-state index in [1.54, 1.807) is 0 Å². The number of likely N-dealkylation sites (tertiary alicyclic amines) is 1. The minimum Gasteiger partial charge on any atom is -0.393 e. The first-order chi connectivity index (χ1) is 11.2. The van der Waals surface area contributed by atoms with Crippen molar-refractivity contribution in [2.45, 2.75) is 51.8 Å². The monoisotopic (exact) mass is 314 g/mol. The summed E-state index contributed by atoms with van der Waals surface area (Å²) in [5.74, 6) is 0. The fraction of sp³-hybridized carbons (Fsp3) is 0.556. The van der Waals surface area contributed by atoms with E-state index in [-0.39, 0.29) is 6.10 Å². The Bertz CT molecular complexity index is 617. The van der Waals surface area contributed by atoms with Crippen molar-refractivity contribution in [3.8, 4) is 0 Å². The zero-order valence-corrected chi connectivity index (χ0v) is 13.9. The summed E-state index contributed by atoms with van der Waals surface area (Å²) < 4.78 is 1.95. The molecule has 5 nitrogen and oxygen atoms in total. The second kappa shape index (κ2) is 7.70. The Morgan fingerprint density at radius 2 is 2.00 bits per heavy atom. The first kappa shape index (κ1) is 16.1. The molecule has 1 aliphatic heterocycles. The molecule has 0 unspecified atom stereocenters. The van der Waals surface area contributed by atoms with Gasteiger partial charge in [-0.15, -0.1) is 5.10 Å². The molecule has 0 amide bonds. The minimum absolute atomic E-state index is 0.122. The smallest absolute Gasteiger partial charge is 0.0967 e. The molecule has 1 aromatic heterocycles. The third-order valence-electron chi connectivity index (χ3n) is 4.62. The van der Waals surface area contributed by atoms with Gasteiger partial charge in [0.1, 0.15) is 0 Å². The molecule has 0 spiro atoms. The van der Waals surface area contributed by atoms with E-state index >= 15 is 0 Å². The number of hydrogen-bond acceptors (Lipinski definition) is 4. The third-order valence-corrected chi connectivity index (χ3v) is 4.62. The lowest BCUT2D eigenvalue weighted by Crippen LogP contribution is -2.35. The fourth-order valence-electron chi connectivity index (χ4n) is 3.15. The van der Waals surface area contributed by atoms with Gasteiger partial charge in [0, 0.05) is 32.4 Å². The summed E-state index contributed by atoms with van der Waals surface area (Å²) in [5, 5.41) is 18.1. The van der Waals surface area contributed by atoms with Crippen LogP contribution in [0.15, 0.2) is 30.5 Å². The molecule has 5 heteroatoms. The van der Waals surface area contributed by atoms with Crippen LogP contribution in [-0.2, 0) is 19.5 Å². The number of nitrogens with zero attached hydrogens (tertiary/aromatic N) is 4. The van der Waals surface area contributed by atoms with Crippen LogP contribution in [-0.4, -0.2) is 44.2 Å². The second-order valence-corrected chi connectivity index (χ2v) is 6.51. The molecule has 1 saturated heterocycles.